The summed E-state index contributed by atoms with van der Waals surface area (Å²) in [6.07, 6.45) is 5.39. The second-order valence-electron chi connectivity index (χ2n) is 10.0. The van der Waals surface area contributed by atoms with Gasteiger partial charge in [0, 0.05) is 29.7 Å². The quantitative estimate of drug-likeness (QED) is 0.229. The van der Waals surface area contributed by atoms with Gasteiger partial charge in [-0.2, -0.15) is 4.57 Å². The molecule has 0 aliphatic heterocycles. The molecule has 0 saturated carbocycles. The largest absolute Gasteiger partial charge is 0.220 e. The predicted octanol–water partition coefficient (Wildman–Crippen LogP) is 7.30. The maximum atomic E-state index is 2.43. The van der Waals surface area contributed by atoms with Crippen molar-refractivity contribution in [3.05, 3.63) is 132 Å². The van der Waals surface area contributed by atoms with Crippen molar-refractivity contribution in [3.8, 4) is 22.5 Å². The number of aromatic nitrogens is 2. The standard InChI is InChI=1S/C35H32N2/c1-25-10-4-7-13-30(25)34-33-24-27(16-17-29(33)19-21-36(34)3)18-22-37-23-20-28-12-6-9-15-32(28)35(37)31-14-8-5-11-26(31)2/h4-17,19-21,23-24H,18,22H2,1-3H3/q+2. The van der Waals surface area contributed by atoms with Crippen LogP contribution in [0.4, 0.5) is 0 Å². The van der Waals surface area contributed by atoms with Crippen molar-refractivity contribution in [2.45, 2.75) is 26.8 Å². The number of hydrogen-bond acceptors (Lipinski definition) is 0. The fourth-order valence-corrected chi connectivity index (χ4v) is 5.57. The third kappa shape index (κ3) is 4.29. The number of pyridine rings is 2. The Morgan fingerprint density at radius 3 is 1.95 bits per heavy atom. The third-order valence-corrected chi connectivity index (χ3v) is 7.58. The van der Waals surface area contributed by atoms with Gasteiger partial charge in [-0.3, -0.25) is 0 Å². The fraction of sp³-hybridized carbons (Fsp3) is 0.143. The summed E-state index contributed by atoms with van der Waals surface area (Å²) in [5, 5.41) is 5.16. The molecule has 0 fully saturated rings. The Morgan fingerprint density at radius 1 is 0.568 bits per heavy atom. The zero-order chi connectivity index (χ0) is 25.4. The van der Waals surface area contributed by atoms with Gasteiger partial charge in [0.15, 0.2) is 18.9 Å². The first kappa shape index (κ1) is 23.1. The molecular formula is C35H32N2+2. The van der Waals surface area contributed by atoms with Crippen LogP contribution in [0.1, 0.15) is 16.7 Å². The van der Waals surface area contributed by atoms with Gasteiger partial charge in [0.05, 0.1) is 10.8 Å². The molecule has 0 atom stereocenters. The minimum Gasteiger partial charge on any atom is -0.200 e. The molecule has 6 rings (SSSR count). The van der Waals surface area contributed by atoms with E-state index in [1.54, 1.807) is 0 Å². The van der Waals surface area contributed by atoms with Crippen LogP contribution in [0.15, 0.2) is 116 Å². The van der Waals surface area contributed by atoms with Gasteiger partial charge in [0.1, 0.15) is 7.05 Å². The molecule has 0 bridgehead atoms. The molecule has 0 radical (unpaired) electrons. The lowest BCUT2D eigenvalue weighted by atomic mass is 9.97. The topological polar surface area (TPSA) is 7.76 Å². The molecule has 0 aliphatic carbocycles. The average molecular weight is 481 g/mol. The zero-order valence-corrected chi connectivity index (χ0v) is 21.8. The Bertz CT molecular complexity index is 1760. The molecule has 0 aliphatic rings. The number of rotatable bonds is 5. The maximum Gasteiger partial charge on any atom is 0.220 e. The molecule has 2 heteroatoms. The Balaban J connectivity index is 1.43. The lowest BCUT2D eigenvalue weighted by molar-refractivity contribution is -0.684. The Morgan fingerprint density at radius 2 is 1.19 bits per heavy atom. The smallest absolute Gasteiger partial charge is 0.200 e. The predicted molar refractivity (Wildman–Crippen MR) is 153 cm³/mol. The van der Waals surface area contributed by atoms with Crippen molar-refractivity contribution in [2.75, 3.05) is 0 Å². The van der Waals surface area contributed by atoms with Gasteiger partial charge >= 0.3 is 0 Å². The molecule has 37 heavy (non-hydrogen) atoms. The summed E-state index contributed by atoms with van der Waals surface area (Å²) >= 11 is 0. The van der Waals surface area contributed by atoms with E-state index in [4.69, 9.17) is 0 Å². The number of aryl methyl sites for hydroxylation is 5. The highest BCUT2D eigenvalue weighted by Crippen LogP contribution is 2.30. The molecule has 0 unspecified atom stereocenters. The monoisotopic (exact) mass is 480 g/mol. The average Bonchev–Trinajstić information content (AvgIpc) is 2.92. The Kier molecular flexibility index (Phi) is 6.02. The van der Waals surface area contributed by atoms with Crippen LogP contribution in [0.5, 0.6) is 0 Å². The molecular weight excluding hydrogens is 448 g/mol. The lowest BCUT2D eigenvalue weighted by Crippen LogP contribution is -2.37. The van der Waals surface area contributed by atoms with Crippen LogP contribution in [0.3, 0.4) is 0 Å². The first-order valence-corrected chi connectivity index (χ1v) is 13.0. The highest BCUT2D eigenvalue weighted by atomic mass is 15.0. The molecule has 0 spiro atoms. The second-order valence-corrected chi connectivity index (χ2v) is 10.0. The minimum atomic E-state index is 0.915. The SMILES string of the molecule is Cc1ccccc1-c1c2cc(CC[n+]3ccc4ccccc4c3-c3ccccc3C)ccc2cc[n+]1C. The molecule has 0 N–H and O–H groups in total. The van der Waals surface area contributed by atoms with Gasteiger partial charge in [0.25, 0.3) is 0 Å². The van der Waals surface area contributed by atoms with E-state index in [2.05, 4.69) is 146 Å². The van der Waals surface area contributed by atoms with Crippen molar-refractivity contribution in [3.63, 3.8) is 0 Å². The van der Waals surface area contributed by atoms with Crippen LogP contribution >= 0.6 is 0 Å². The van der Waals surface area contributed by atoms with E-state index in [-0.39, 0.29) is 0 Å². The van der Waals surface area contributed by atoms with E-state index < -0.39 is 0 Å². The fourth-order valence-electron chi connectivity index (χ4n) is 5.57. The maximum absolute atomic E-state index is 2.43. The Hall–Kier alpha value is -4.30. The second kappa shape index (κ2) is 9.63. The third-order valence-electron chi connectivity index (χ3n) is 7.58. The summed E-state index contributed by atoms with van der Waals surface area (Å²) in [5.41, 5.74) is 9.11. The van der Waals surface area contributed by atoms with Gasteiger partial charge in [-0.15, -0.1) is 0 Å². The summed E-state index contributed by atoms with van der Waals surface area (Å²) in [6, 6.07) is 37.5. The van der Waals surface area contributed by atoms with Gasteiger partial charge in [0.2, 0.25) is 11.4 Å². The van der Waals surface area contributed by atoms with Gasteiger partial charge in [-0.25, -0.2) is 4.57 Å². The van der Waals surface area contributed by atoms with Crippen LogP contribution in [0.2, 0.25) is 0 Å². The van der Waals surface area contributed by atoms with E-state index in [0.717, 1.165) is 13.0 Å². The van der Waals surface area contributed by atoms with Crippen molar-refractivity contribution >= 4 is 21.5 Å². The van der Waals surface area contributed by atoms with Crippen molar-refractivity contribution < 1.29 is 9.13 Å². The van der Waals surface area contributed by atoms with E-state index in [1.807, 2.05) is 0 Å². The van der Waals surface area contributed by atoms with Crippen LogP contribution in [-0.4, -0.2) is 0 Å². The summed E-state index contributed by atoms with van der Waals surface area (Å²) in [5.74, 6) is 0. The number of hydrogen-bond donors (Lipinski definition) is 0. The molecule has 0 saturated heterocycles. The van der Waals surface area contributed by atoms with E-state index in [0.29, 0.717) is 0 Å². The first-order valence-electron chi connectivity index (χ1n) is 13.0. The summed E-state index contributed by atoms with van der Waals surface area (Å²) in [4.78, 5) is 0. The van der Waals surface area contributed by atoms with Crippen LogP contribution in [0.25, 0.3) is 44.1 Å². The summed E-state index contributed by atoms with van der Waals surface area (Å²) < 4.78 is 4.69. The van der Waals surface area contributed by atoms with Crippen LogP contribution < -0.4 is 9.13 Å². The van der Waals surface area contributed by atoms with Crippen LogP contribution in [-0.2, 0) is 20.0 Å². The molecule has 2 heterocycles. The summed E-state index contributed by atoms with van der Waals surface area (Å²) in [6.45, 7) is 5.32. The molecule has 2 nitrogen and oxygen atoms in total. The minimum absolute atomic E-state index is 0.915. The number of fused-ring (bicyclic) bond motifs is 2. The molecule has 2 aromatic heterocycles. The van der Waals surface area contributed by atoms with E-state index in [9.17, 15) is 0 Å². The normalized spacial score (nSPS) is 11.3. The van der Waals surface area contributed by atoms with Gasteiger partial charge in [-0.1, -0.05) is 66.7 Å². The van der Waals surface area contributed by atoms with E-state index in [1.165, 1.54) is 60.8 Å². The van der Waals surface area contributed by atoms with Crippen LogP contribution in [0, 0.1) is 13.8 Å². The van der Waals surface area contributed by atoms with Crippen molar-refractivity contribution in [1.29, 1.82) is 0 Å². The van der Waals surface area contributed by atoms with E-state index >= 15 is 0 Å². The number of benzene rings is 4. The van der Waals surface area contributed by atoms with Gasteiger partial charge < -0.3 is 0 Å². The highest BCUT2D eigenvalue weighted by Gasteiger charge is 2.20. The molecule has 0 amide bonds. The molecule has 180 valence electrons. The van der Waals surface area contributed by atoms with Gasteiger partial charge in [-0.05, 0) is 65.6 Å². The molecule has 4 aromatic carbocycles. The molecule has 6 aromatic rings. The highest BCUT2D eigenvalue weighted by molar-refractivity contribution is 5.94. The lowest BCUT2D eigenvalue weighted by Gasteiger charge is -2.11. The Labute approximate surface area is 219 Å². The van der Waals surface area contributed by atoms with Crippen molar-refractivity contribution in [1.82, 2.24) is 0 Å². The summed E-state index contributed by atoms with van der Waals surface area (Å²) in [7, 11) is 2.15. The zero-order valence-electron chi connectivity index (χ0n) is 21.8. The van der Waals surface area contributed by atoms with Crippen molar-refractivity contribution in [2.24, 2.45) is 7.05 Å². The number of nitrogens with zero attached hydrogens (tertiary/aromatic N) is 2. The first-order chi connectivity index (χ1) is 18.1.